The first-order valence-electron chi connectivity index (χ1n) is 7.81. The molecular weight excluding hydrogens is 363 g/mol. The van der Waals surface area contributed by atoms with Crippen LogP contribution in [-0.4, -0.2) is 24.1 Å². The molecule has 0 saturated carbocycles. The predicted octanol–water partition coefficient (Wildman–Crippen LogP) is 4.34. The van der Waals surface area contributed by atoms with Crippen LogP contribution in [0.3, 0.4) is 0 Å². The molecule has 0 radical (unpaired) electrons. The van der Waals surface area contributed by atoms with Crippen LogP contribution in [0.1, 0.15) is 12.8 Å². The fourth-order valence-corrected chi connectivity index (χ4v) is 3.54. The lowest BCUT2D eigenvalue weighted by Gasteiger charge is -2.16. The average molecular weight is 379 g/mol. The van der Waals surface area contributed by atoms with E-state index < -0.39 is 5.82 Å². The van der Waals surface area contributed by atoms with Crippen molar-refractivity contribution in [3.8, 4) is 0 Å². The van der Waals surface area contributed by atoms with Crippen LogP contribution < -0.4 is 10.2 Å². The highest BCUT2D eigenvalue weighted by molar-refractivity contribution is 8.00. The number of amides is 2. The second kappa shape index (κ2) is 7.89. The van der Waals surface area contributed by atoms with Crippen molar-refractivity contribution in [3.05, 3.63) is 53.3 Å². The number of anilines is 2. The summed E-state index contributed by atoms with van der Waals surface area (Å²) in [6, 6.07) is 11.6. The van der Waals surface area contributed by atoms with Crippen LogP contribution in [0.5, 0.6) is 0 Å². The molecule has 4 nitrogen and oxygen atoms in total. The van der Waals surface area contributed by atoms with Crippen molar-refractivity contribution >= 4 is 46.6 Å². The van der Waals surface area contributed by atoms with E-state index in [1.165, 1.54) is 23.9 Å². The summed E-state index contributed by atoms with van der Waals surface area (Å²) in [5.74, 6) is -0.331. The molecule has 0 aliphatic carbocycles. The molecular formula is C18H16ClFN2O2S. The van der Waals surface area contributed by atoms with Crippen molar-refractivity contribution in [2.24, 2.45) is 0 Å². The molecule has 1 fully saturated rings. The standard InChI is InChI=1S/C18H16ClFN2O2S/c19-15-10-14(7-8-16(15)20)25-11-17(23)21-12-3-5-13(6-4-12)22-9-1-2-18(22)24/h3-8,10H,1-2,9,11H2,(H,21,23). The first-order valence-corrected chi connectivity index (χ1v) is 9.17. The molecule has 0 bridgehead atoms. The summed E-state index contributed by atoms with van der Waals surface area (Å²) in [5, 5.41) is 2.84. The Hall–Kier alpha value is -2.05. The lowest BCUT2D eigenvalue weighted by atomic mass is 10.2. The Morgan fingerprint density at radius 2 is 2.00 bits per heavy atom. The van der Waals surface area contributed by atoms with Crippen LogP contribution in [0.2, 0.25) is 5.02 Å². The Labute approximate surface area is 154 Å². The van der Waals surface area contributed by atoms with E-state index in [4.69, 9.17) is 11.6 Å². The van der Waals surface area contributed by atoms with E-state index in [1.807, 2.05) is 12.1 Å². The van der Waals surface area contributed by atoms with E-state index in [2.05, 4.69) is 5.32 Å². The number of hydrogen-bond acceptors (Lipinski definition) is 3. The molecule has 25 heavy (non-hydrogen) atoms. The van der Waals surface area contributed by atoms with E-state index in [9.17, 15) is 14.0 Å². The minimum atomic E-state index is -0.480. The molecule has 1 heterocycles. The molecule has 2 amide bonds. The van der Waals surface area contributed by atoms with Crippen LogP contribution in [0, 0.1) is 5.82 Å². The second-order valence-electron chi connectivity index (χ2n) is 5.61. The van der Waals surface area contributed by atoms with Crippen molar-refractivity contribution in [2.75, 3.05) is 22.5 Å². The van der Waals surface area contributed by atoms with Gasteiger partial charge in [-0.2, -0.15) is 0 Å². The number of benzene rings is 2. The molecule has 0 atom stereocenters. The van der Waals surface area contributed by atoms with Gasteiger partial charge >= 0.3 is 0 Å². The number of nitrogens with zero attached hydrogens (tertiary/aromatic N) is 1. The highest BCUT2D eigenvalue weighted by Crippen LogP contribution is 2.25. The molecule has 1 N–H and O–H groups in total. The molecule has 0 aromatic heterocycles. The molecule has 7 heteroatoms. The smallest absolute Gasteiger partial charge is 0.234 e. The van der Waals surface area contributed by atoms with Crippen molar-refractivity contribution in [3.63, 3.8) is 0 Å². The molecule has 0 unspecified atom stereocenters. The summed E-state index contributed by atoms with van der Waals surface area (Å²) in [7, 11) is 0. The predicted molar refractivity (Wildman–Crippen MR) is 98.8 cm³/mol. The second-order valence-corrected chi connectivity index (χ2v) is 7.06. The van der Waals surface area contributed by atoms with Crippen molar-refractivity contribution in [1.29, 1.82) is 0 Å². The summed E-state index contributed by atoms with van der Waals surface area (Å²) in [6.45, 7) is 0.738. The Kier molecular flexibility index (Phi) is 5.60. The Bertz CT molecular complexity index is 798. The minimum Gasteiger partial charge on any atom is -0.325 e. The zero-order chi connectivity index (χ0) is 17.8. The first-order chi connectivity index (χ1) is 12.0. The van der Waals surface area contributed by atoms with Crippen LogP contribution >= 0.6 is 23.4 Å². The summed E-state index contributed by atoms with van der Waals surface area (Å²) in [6.07, 6.45) is 1.46. The molecule has 1 aliphatic heterocycles. The highest BCUT2D eigenvalue weighted by atomic mass is 35.5. The summed E-state index contributed by atoms with van der Waals surface area (Å²) in [4.78, 5) is 26.2. The lowest BCUT2D eigenvalue weighted by molar-refractivity contribution is -0.117. The van der Waals surface area contributed by atoms with Gasteiger partial charge in [0.25, 0.3) is 0 Å². The maximum absolute atomic E-state index is 13.1. The third kappa shape index (κ3) is 4.52. The van der Waals surface area contributed by atoms with Gasteiger partial charge in [-0.15, -0.1) is 11.8 Å². The van der Waals surface area contributed by atoms with Crippen LogP contribution in [-0.2, 0) is 9.59 Å². The van der Waals surface area contributed by atoms with Gasteiger partial charge in [-0.3, -0.25) is 9.59 Å². The quantitative estimate of drug-likeness (QED) is 0.787. The molecule has 0 spiro atoms. The Morgan fingerprint density at radius 3 is 2.64 bits per heavy atom. The molecule has 130 valence electrons. The summed E-state index contributed by atoms with van der Waals surface area (Å²) in [5.41, 5.74) is 1.51. The molecule has 2 aromatic carbocycles. The monoisotopic (exact) mass is 378 g/mol. The lowest BCUT2D eigenvalue weighted by Crippen LogP contribution is -2.23. The van der Waals surface area contributed by atoms with Crippen LogP contribution in [0.25, 0.3) is 0 Å². The van der Waals surface area contributed by atoms with Gasteiger partial charge in [0.2, 0.25) is 11.8 Å². The van der Waals surface area contributed by atoms with Gasteiger partial charge in [-0.1, -0.05) is 11.6 Å². The maximum Gasteiger partial charge on any atom is 0.234 e. The fourth-order valence-electron chi connectivity index (χ4n) is 2.56. The topological polar surface area (TPSA) is 49.4 Å². The van der Waals surface area contributed by atoms with Crippen LogP contribution in [0.4, 0.5) is 15.8 Å². The van der Waals surface area contributed by atoms with Crippen molar-refractivity contribution in [1.82, 2.24) is 0 Å². The SMILES string of the molecule is O=C(CSc1ccc(F)c(Cl)c1)Nc1ccc(N2CCCC2=O)cc1. The van der Waals surface area contributed by atoms with E-state index in [0.717, 1.165) is 23.5 Å². The van der Waals surface area contributed by atoms with Crippen LogP contribution in [0.15, 0.2) is 47.4 Å². The van der Waals surface area contributed by atoms with Gasteiger partial charge < -0.3 is 10.2 Å². The van der Waals surface area contributed by atoms with Gasteiger partial charge in [0.15, 0.2) is 0 Å². The number of carbonyl (C=O) groups is 2. The highest BCUT2D eigenvalue weighted by Gasteiger charge is 2.21. The van der Waals surface area contributed by atoms with E-state index in [1.54, 1.807) is 23.1 Å². The number of thioether (sulfide) groups is 1. The zero-order valence-corrected chi connectivity index (χ0v) is 14.9. The van der Waals surface area contributed by atoms with Crippen molar-refractivity contribution < 1.29 is 14.0 Å². The van der Waals surface area contributed by atoms with E-state index in [0.29, 0.717) is 12.1 Å². The third-order valence-electron chi connectivity index (χ3n) is 3.80. The van der Waals surface area contributed by atoms with Gasteiger partial charge in [0.1, 0.15) is 5.82 Å². The first kappa shape index (κ1) is 17.8. The Morgan fingerprint density at radius 1 is 1.24 bits per heavy atom. The third-order valence-corrected chi connectivity index (χ3v) is 5.08. The molecule has 2 aromatic rings. The Balaban J connectivity index is 1.54. The molecule has 1 aliphatic rings. The van der Waals surface area contributed by atoms with Crippen molar-refractivity contribution in [2.45, 2.75) is 17.7 Å². The number of halogens is 2. The van der Waals surface area contributed by atoms with Gasteiger partial charge in [0.05, 0.1) is 10.8 Å². The van der Waals surface area contributed by atoms with E-state index >= 15 is 0 Å². The van der Waals surface area contributed by atoms with E-state index in [-0.39, 0.29) is 22.6 Å². The number of hydrogen-bond donors (Lipinski definition) is 1. The minimum absolute atomic E-state index is 0.0393. The van der Waals surface area contributed by atoms with Gasteiger partial charge in [0, 0.05) is 29.2 Å². The maximum atomic E-state index is 13.1. The summed E-state index contributed by atoms with van der Waals surface area (Å²) >= 11 is 7.00. The molecule has 3 rings (SSSR count). The number of rotatable bonds is 5. The normalized spacial score (nSPS) is 14.0. The number of carbonyl (C=O) groups excluding carboxylic acids is 2. The molecule has 1 saturated heterocycles. The number of nitrogens with one attached hydrogen (secondary N) is 1. The fraction of sp³-hybridized carbons (Fsp3) is 0.222. The average Bonchev–Trinajstić information content (AvgIpc) is 3.03. The van der Waals surface area contributed by atoms with Gasteiger partial charge in [-0.25, -0.2) is 4.39 Å². The van der Waals surface area contributed by atoms with Gasteiger partial charge in [-0.05, 0) is 48.9 Å². The largest absolute Gasteiger partial charge is 0.325 e. The summed E-state index contributed by atoms with van der Waals surface area (Å²) < 4.78 is 13.1. The zero-order valence-electron chi connectivity index (χ0n) is 13.3.